The summed E-state index contributed by atoms with van der Waals surface area (Å²) in [6.45, 7) is 0.238. The Labute approximate surface area is 180 Å². The highest BCUT2D eigenvalue weighted by atomic mass is 32.2. The van der Waals surface area contributed by atoms with E-state index in [1.807, 2.05) is 0 Å². The summed E-state index contributed by atoms with van der Waals surface area (Å²) in [5.41, 5.74) is 5.56. The number of aliphatic carboxylic acids is 2. The first kappa shape index (κ1) is 27.3. The van der Waals surface area contributed by atoms with Crippen LogP contribution in [0.1, 0.15) is 12.8 Å². The zero-order valence-electron chi connectivity index (χ0n) is 16.5. The number of sulfonamides is 1. The number of alkyl halides is 3. The predicted molar refractivity (Wildman–Crippen MR) is 101 cm³/mol. The summed E-state index contributed by atoms with van der Waals surface area (Å²) in [6.07, 6.45) is -3.00. The number of ether oxygens (including phenoxy) is 1. The average Bonchev–Trinajstić information content (AvgIpc) is 2.74. The first-order chi connectivity index (χ1) is 14.8. The SMILES string of the molecule is NC/C(=C\F)COc1ccc(S(=O)(=O)N2CCC(C(=O)O)CC2)cn1.O=C(O)C(F)(F)F. The van der Waals surface area contributed by atoms with Gasteiger partial charge in [-0.25, -0.2) is 22.6 Å². The Balaban J connectivity index is 0.000000633. The van der Waals surface area contributed by atoms with Crippen LogP contribution in [0.25, 0.3) is 0 Å². The molecule has 32 heavy (non-hydrogen) atoms. The molecule has 0 amide bonds. The molecule has 0 bridgehead atoms. The van der Waals surface area contributed by atoms with Gasteiger partial charge in [0, 0.05) is 31.3 Å². The summed E-state index contributed by atoms with van der Waals surface area (Å²) >= 11 is 0. The molecule has 0 radical (unpaired) electrons. The third-order valence-corrected chi connectivity index (χ3v) is 6.10. The van der Waals surface area contributed by atoms with Crippen molar-refractivity contribution in [1.29, 1.82) is 0 Å². The molecule has 0 spiro atoms. The van der Waals surface area contributed by atoms with E-state index >= 15 is 0 Å². The van der Waals surface area contributed by atoms with Gasteiger partial charge >= 0.3 is 18.1 Å². The second kappa shape index (κ2) is 11.7. The smallest absolute Gasteiger partial charge is 0.481 e. The molecule has 0 aliphatic carbocycles. The molecule has 0 aromatic carbocycles. The number of nitrogens with zero attached hydrogens (tertiary/aromatic N) is 2. The van der Waals surface area contributed by atoms with Crippen molar-refractivity contribution in [2.45, 2.75) is 23.9 Å². The van der Waals surface area contributed by atoms with E-state index in [1.165, 1.54) is 16.4 Å². The lowest BCUT2D eigenvalue weighted by Gasteiger charge is -2.29. The largest absolute Gasteiger partial charge is 0.490 e. The number of nitrogens with two attached hydrogens (primary N) is 1. The molecule has 0 saturated carbocycles. The molecule has 1 fully saturated rings. The van der Waals surface area contributed by atoms with Crippen LogP contribution < -0.4 is 10.5 Å². The Bertz CT molecular complexity index is 913. The predicted octanol–water partition coefficient (Wildman–Crippen LogP) is 1.39. The van der Waals surface area contributed by atoms with Crippen LogP contribution in [0.4, 0.5) is 17.6 Å². The summed E-state index contributed by atoms with van der Waals surface area (Å²) in [5, 5.41) is 16.1. The second-order valence-electron chi connectivity index (χ2n) is 6.41. The maximum atomic E-state index is 12.6. The average molecular weight is 487 g/mol. The van der Waals surface area contributed by atoms with E-state index in [0.717, 1.165) is 6.20 Å². The number of hydrogen-bond donors (Lipinski definition) is 3. The number of pyridine rings is 1. The van der Waals surface area contributed by atoms with Gasteiger partial charge in [0.15, 0.2) is 0 Å². The Hall–Kier alpha value is -2.78. The zero-order chi connectivity index (χ0) is 24.5. The summed E-state index contributed by atoms with van der Waals surface area (Å²) < 4.78 is 75.7. The van der Waals surface area contributed by atoms with Crippen LogP contribution in [-0.2, 0) is 19.6 Å². The molecule has 1 aliphatic rings. The highest BCUT2D eigenvalue weighted by molar-refractivity contribution is 7.89. The van der Waals surface area contributed by atoms with E-state index in [-0.39, 0.29) is 55.4 Å². The Morgan fingerprint density at radius 1 is 1.25 bits per heavy atom. The van der Waals surface area contributed by atoms with E-state index in [0.29, 0.717) is 6.33 Å². The first-order valence-electron chi connectivity index (χ1n) is 8.93. The van der Waals surface area contributed by atoms with Gasteiger partial charge in [-0.1, -0.05) is 0 Å². The molecule has 1 aromatic rings. The zero-order valence-corrected chi connectivity index (χ0v) is 17.3. The van der Waals surface area contributed by atoms with Gasteiger partial charge in [0.1, 0.15) is 11.5 Å². The van der Waals surface area contributed by atoms with Gasteiger partial charge < -0.3 is 20.7 Å². The topological polar surface area (TPSA) is 160 Å². The maximum Gasteiger partial charge on any atom is 0.490 e. The van der Waals surface area contributed by atoms with Crippen molar-refractivity contribution >= 4 is 22.0 Å². The van der Waals surface area contributed by atoms with E-state index < -0.39 is 34.1 Å². The van der Waals surface area contributed by atoms with Gasteiger partial charge in [0.25, 0.3) is 0 Å². The fourth-order valence-corrected chi connectivity index (χ4v) is 3.81. The van der Waals surface area contributed by atoms with E-state index in [4.69, 9.17) is 25.5 Å². The van der Waals surface area contributed by atoms with Crippen LogP contribution >= 0.6 is 0 Å². The van der Waals surface area contributed by atoms with Gasteiger partial charge in [0.2, 0.25) is 15.9 Å². The van der Waals surface area contributed by atoms with Gasteiger partial charge in [-0.05, 0) is 18.9 Å². The van der Waals surface area contributed by atoms with Gasteiger partial charge in [-0.2, -0.15) is 17.5 Å². The van der Waals surface area contributed by atoms with Crippen LogP contribution in [0.15, 0.2) is 35.1 Å². The maximum absolute atomic E-state index is 12.6. The van der Waals surface area contributed by atoms with Crippen molar-refractivity contribution in [1.82, 2.24) is 9.29 Å². The minimum absolute atomic E-state index is 0.00583. The van der Waals surface area contributed by atoms with Crippen LogP contribution in [-0.4, -0.2) is 72.3 Å². The fraction of sp³-hybridized carbons (Fsp3) is 0.471. The molecule has 0 unspecified atom stereocenters. The molecule has 10 nitrogen and oxygen atoms in total. The Morgan fingerprint density at radius 3 is 2.19 bits per heavy atom. The lowest BCUT2D eigenvalue weighted by Crippen LogP contribution is -2.40. The third-order valence-electron chi connectivity index (χ3n) is 4.21. The highest BCUT2D eigenvalue weighted by Crippen LogP contribution is 2.24. The monoisotopic (exact) mass is 487 g/mol. The van der Waals surface area contributed by atoms with Gasteiger partial charge in [0.05, 0.1) is 18.4 Å². The minimum Gasteiger partial charge on any atom is -0.481 e. The van der Waals surface area contributed by atoms with Gasteiger partial charge in [-0.3, -0.25) is 4.79 Å². The molecule has 2 rings (SSSR count). The molecule has 1 saturated heterocycles. The lowest BCUT2D eigenvalue weighted by molar-refractivity contribution is -0.192. The Morgan fingerprint density at radius 2 is 1.81 bits per heavy atom. The molecular weight excluding hydrogens is 466 g/mol. The number of hydrogen-bond acceptors (Lipinski definition) is 7. The van der Waals surface area contributed by atoms with Crippen molar-refractivity contribution in [2.24, 2.45) is 11.7 Å². The van der Waals surface area contributed by atoms with E-state index in [9.17, 15) is 30.8 Å². The third kappa shape index (κ3) is 8.05. The quantitative estimate of drug-likeness (QED) is 0.483. The second-order valence-corrected chi connectivity index (χ2v) is 8.35. The summed E-state index contributed by atoms with van der Waals surface area (Å²) in [5.74, 6) is -4.02. The number of carboxylic acid groups (broad SMARTS) is 2. The molecular formula is C17H21F4N3O7S. The van der Waals surface area contributed by atoms with E-state index in [2.05, 4.69) is 4.98 Å². The highest BCUT2D eigenvalue weighted by Gasteiger charge is 2.38. The van der Waals surface area contributed by atoms with Crippen molar-refractivity contribution in [2.75, 3.05) is 26.2 Å². The minimum atomic E-state index is -5.08. The molecule has 1 aromatic heterocycles. The summed E-state index contributed by atoms with van der Waals surface area (Å²) in [7, 11) is -3.74. The number of piperidine rings is 1. The van der Waals surface area contributed by atoms with Crippen molar-refractivity contribution in [3.8, 4) is 5.88 Å². The number of carboxylic acids is 2. The fourth-order valence-electron chi connectivity index (χ4n) is 2.40. The lowest BCUT2D eigenvalue weighted by atomic mass is 9.99. The van der Waals surface area contributed by atoms with Gasteiger partial charge in [-0.15, -0.1) is 0 Å². The molecule has 1 aliphatic heterocycles. The number of halogens is 4. The van der Waals surface area contributed by atoms with Crippen molar-refractivity contribution < 1.29 is 50.5 Å². The number of aromatic nitrogens is 1. The van der Waals surface area contributed by atoms with Crippen LogP contribution in [0.3, 0.4) is 0 Å². The van der Waals surface area contributed by atoms with Crippen molar-refractivity contribution in [3.63, 3.8) is 0 Å². The van der Waals surface area contributed by atoms with Crippen LogP contribution in [0.5, 0.6) is 5.88 Å². The molecule has 15 heteroatoms. The standard InChI is InChI=1S/C15H20FN3O5S.C2HF3O2/c16-7-11(8-17)10-24-14-2-1-13(9-18-14)25(22,23)19-5-3-12(4-6-19)15(20)21;3-2(4,5)1(6)7/h1-2,7,9,12H,3-6,8,10,17H2,(H,20,21);(H,6,7)/b11-7+;. The number of carbonyl (C=O) groups is 2. The first-order valence-corrected chi connectivity index (χ1v) is 10.4. The van der Waals surface area contributed by atoms with E-state index in [1.54, 1.807) is 0 Å². The molecule has 2 heterocycles. The van der Waals surface area contributed by atoms with Crippen LogP contribution in [0, 0.1) is 5.92 Å². The molecule has 0 atom stereocenters. The molecule has 180 valence electrons. The van der Waals surface area contributed by atoms with Crippen molar-refractivity contribution in [3.05, 3.63) is 30.2 Å². The van der Waals surface area contributed by atoms with Crippen LogP contribution in [0.2, 0.25) is 0 Å². The summed E-state index contributed by atoms with van der Waals surface area (Å²) in [4.78, 5) is 23.7. The molecule has 4 N–H and O–H groups in total. The summed E-state index contributed by atoms with van der Waals surface area (Å²) in [6, 6.07) is 2.73. The number of rotatable bonds is 7. The normalized spacial score (nSPS) is 16.1. The Kier molecular flexibility index (Phi) is 9.99.